The van der Waals surface area contributed by atoms with Gasteiger partial charge < -0.3 is 19.5 Å². The summed E-state index contributed by atoms with van der Waals surface area (Å²) in [5, 5.41) is 3.65. The number of rotatable bonds is 3. The molecule has 1 fully saturated rings. The Hall–Kier alpha value is -2.20. The monoisotopic (exact) mass is 297 g/mol. The molecule has 0 radical (unpaired) electrons. The van der Waals surface area contributed by atoms with E-state index in [2.05, 4.69) is 23.5 Å². The van der Waals surface area contributed by atoms with Crippen LogP contribution in [0.25, 0.3) is 0 Å². The van der Waals surface area contributed by atoms with Crippen molar-refractivity contribution in [2.24, 2.45) is 5.92 Å². The standard InChI is InChI=1S/C18H19NO3/c1-20-13-7-8-14-16(11-13)22-18-15(9-10-21-18)17(14)19-12-5-3-2-4-6-12/h2-8,11,15,17-19H,9-10H2,1H3/t15-,17-,18+/m1/s1. The molecule has 0 aliphatic carbocycles. The largest absolute Gasteiger partial charge is 0.497 e. The van der Waals surface area contributed by atoms with Gasteiger partial charge in [-0.1, -0.05) is 18.2 Å². The Kier molecular flexibility index (Phi) is 3.39. The van der Waals surface area contributed by atoms with Crippen molar-refractivity contribution < 1.29 is 14.2 Å². The Morgan fingerprint density at radius 3 is 2.82 bits per heavy atom. The molecule has 3 atom stereocenters. The molecule has 114 valence electrons. The van der Waals surface area contributed by atoms with Gasteiger partial charge in [0.1, 0.15) is 11.5 Å². The van der Waals surface area contributed by atoms with Crippen molar-refractivity contribution in [2.75, 3.05) is 19.0 Å². The molecular weight excluding hydrogens is 278 g/mol. The highest BCUT2D eigenvalue weighted by Gasteiger charge is 2.42. The van der Waals surface area contributed by atoms with Gasteiger partial charge in [-0.2, -0.15) is 0 Å². The summed E-state index contributed by atoms with van der Waals surface area (Å²) >= 11 is 0. The molecule has 2 aliphatic rings. The zero-order chi connectivity index (χ0) is 14.9. The van der Waals surface area contributed by atoms with Gasteiger partial charge in [0, 0.05) is 23.2 Å². The van der Waals surface area contributed by atoms with Gasteiger partial charge in [0.05, 0.1) is 19.8 Å². The number of fused-ring (bicyclic) bond motifs is 2. The lowest BCUT2D eigenvalue weighted by atomic mass is 9.88. The van der Waals surface area contributed by atoms with Crippen LogP contribution in [0.2, 0.25) is 0 Å². The maximum Gasteiger partial charge on any atom is 0.205 e. The number of benzene rings is 2. The van der Waals surface area contributed by atoms with E-state index < -0.39 is 0 Å². The fraction of sp³-hybridized carbons (Fsp3) is 0.333. The molecule has 4 rings (SSSR count). The zero-order valence-electron chi connectivity index (χ0n) is 12.5. The first-order chi connectivity index (χ1) is 10.8. The van der Waals surface area contributed by atoms with Gasteiger partial charge in [-0.25, -0.2) is 0 Å². The quantitative estimate of drug-likeness (QED) is 0.939. The topological polar surface area (TPSA) is 39.7 Å². The number of nitrogens with one attached hydrogen (secondary N) is 1. The Morgan fingerprint density at radius 2 is 2.00 bits per heavy atom. The van der Waals surface area contributed by atoms with E-state index in [0.29, 0.717) is 5.92 Å². The molecule has 4 nitrogen and oxygen atoms in total. The molecule has 4 heteroatoms. The summed E-state index contributed by atoms with van der Waals surface area (Å²) in [6.45, 7) is 0.743. The van der Waals surface area contributed by atoms with Crippen molar-refractivity contribution in [3.63, 3.8) is 0 Å². The maximum atomic E-state index is 6.02. The number of para-hydroxylation sites is 1. The number of ether oxygens (including phenoxy) is 3. The first-order valence-electron chi connectivity index (χ1n) is 7.63. The highest BCUT2D eigenvalue weighted by Crippen LogP contribution is 2.45. The summed E-state index contributed by atoms with van der Waals surface area (Å²) in [6, 6.07) is 16.5. The van der Waals surface area contributed by atoms with Gasteiger partial charge in [0.25, 0.3) is 0 Å². The van der Waals surface area contributed by atoms with Crippen molar-refractivity contribution in [2.45, 2.75) is 18.8 Å². The number of methoxy groups -OCH3 is 1. The second-order valence-electron chi connectivity index (χ2n) is 5.70. The van der Waals surface area contributed by atoms with Crippen LogP contribution in [0.5, 0.6) is 11.5 Å². The Bertz CT molecular complexity index is 659. The molecule has 1 saturated heterocycles. The third-order valence-electron chi connectivity index (χ3n) is 4.41. The predicted octanol–water partition coefficient (Wildman–Crippen LogP) is 3.60. The van der Waals surface area contributed by atoms with E-state index in [-0.39, 0.29) is 12.3 Å². The van der Waals surface area contributed by atoms with Crippen LogP contribution in [-0.2, 0) is 4.74 Å². The molecule has 22 heavy (non-hydrogen) atoms. The molecular formula is C18H19NO3. The lowest BCUT2D eigenvalue weighted by Crippen LogP contribution is -2.36. The van der Waals surface area contributed by atoms with Crippen LogP contribution in [0.15, 0.2) is 48.5 Å². The van der Waals surface area contributed by atoms with Gasteiger partial charge in [-0.05, 0) is 30.7 Å². The van der Waals surface area contributed by atoms with Gasteiger partial charge in [-0.3, -0.25) is 0 Å². The van der Waals surface area contributed by atoms with Gasteiger partial charge >= 0.3 is 0 Å². The van der Waals surface area contributed by atoms with Gasteiger partial charge in [0.2, 0.25) is 6.29 Å². The van der Waals surface area contributed by atoms with Gasteiger partial charge in [0.15, 0.2) is 0 Å². The van der Waals surface area contributed by atoms with E-state index in [1.807, 2.05) is 30.3 Å². The van der Waals surface area contributed by atoms with Crippen molar-refractivity contribution in [1.29, 1.82) is 0 Å². The summed E-state index contributed by atoms with van der Waals surface area (Å²) in [4.78, 5) is 0. The van der Waals surface area contributed by atoms with E-state index >= 15 is 0 Å². The van der Waals surface area contributed by atoms with Crippen molar-refractivity contribution in [3.8, 4) is 11.5 Å². The maximum absolute atomic E-state index is 6.02. The normalized spacial score (nSPS) is 25.8. The van der Waals surface area contributed by atoms with Crippen LogP contribution < -0.4 is 14.8 Å². The summed E-state index contributed by atoms with van der Waals surface area (Å²) in [6.07, 6.45) is 0.821. The summed E-state index contributed by atoms with van der Waals surface area (Å²) < 4.78 is 17.1. The van der Waals surface area contributed by atoms with Crippen LogP contribution in [0, 0.1) is 5.92 Å². The lowest BCUT2D eigenvalue weighted by molar-refractivity contribution is -0.0748. The van der Waals surface area contributed by atoms with E-state index in [0.717, 1.165) is 35.8 Å². The number of anilines is 1. The predicted molar refractivity (Wildman–Crippen MR) is 84.3 cm³/mol. The average molecular weight is 297 g/mol. The van der Waals surface area contributed by atoms with Gasteiger partial charge in [-0.15, -0.1) is 0 Å². The second-order valence-corrected chi connectivity index (χ2v) is 5.70. The smallest absolute Gasteiger partial charge is 0.205 e. The molecule has 2 aromatic carbocycles. The summed E-state index contributed by atoms with van der Waals surface area (Å²) in [7, 11) is 1.67. The molecule has 0 unspecified atom stereocenters. The average Bonchev–Trinajstić information content (AvgIpc) is 3.03. The second kappa shape index (κ2) is 5.54. The first-order valence-corrected chi connectivity index (χ1v) is 7.63. The summed E-state index contributed by atoms with van der Waals surface area (Å²) in [5.41, 5.74) is 2.28. The van der Waals surface area contributed by atoms with Crippen LogP contribution in [0.4, 0.5) is 5.69 Å². The first kappa shape index (κ1) is 13.5. The van der Waals surface area contributed by atoms with Crippen LogP contribution in [0.1, 0.15) is 18.0 Å². The Balaban J connectivity index is 1.71. The van der Waals surface area contributed by atoms with Crippen molar-refractivity contribution in [3.05, 3.63) is 54.1 Å². The zero-order valence-corrected chi connectivity index (χ0v) is 12.5. The number of hydrogen-bond donors (Lipinski definition) is 1. The fourth-order valence-corrected chi connectivity index (χ4v) is 3.28. The van der Waals surface area contributed by atoms with E-state index in [1.165, 1.54) is 0 Å². The molecule has 0 saturated carbocycles. The van der Waals surface area contributed by atoms with E-state index in [1.54, 1.807) is 7.11 Å². The molecule has 0 bridgehead atoms. The van der Waals surface area contributed by atoms with Crippen LogP contribution >= 0.6 is 0 Å². The minimum Gasteiger partial charge on any atom is -0.497 e. The molecule has 2 heterocycles. The van der Waals surface area contributed by atoms with Crippen LogP contribution in [-0.4, -0.2) is 20.0 Å². The highest BCUT2D eigenvalue weighted by atomic mass is 16.7. The number of hydrogen-bond acceptors (Lipinski definition) is 4. The molecule has 0 spiro atoms. The fourth-order valence-electron chi connectivity index (χ4n) is 3.28. The SMILES string of the molecule is COc1ccc2c(c1)O[C@@H]1OCC[C@@H]1[C@@H]2Nc1ccccc1. The molecule has 0 amide bonds. The van der Waals surface area contributed by atoms with Crippen LogP contribution in [0.3, 0.4) is 0 Å². The highest BCUT2D eigenvalue weighted by molar-refractivity contribution is 5.51. The molecule has 1 N–H and O–H groups in total. The Morgan fingerprint density at radius 1 is 1.14 bits per heavy atom. The molecule has 2 aliphatic heterocycles. The van der Waals surface area contributed by atoms with E-state index in [4.69, 9.17) is 14.2 Å². The summed E-state index contributed by atoms with van der Waals surface area (Å²) in [5.74, 6) is 1.96. The van der Waals surface area contributed by atoms with Crippen molar-refractivity contribution >= 4 is 5.69 Å². The minimum absolute atomic E-state index is 0.180. The molecule has 2 aromatic rings. The third-order valence-corrected chi connectivity index (χ3v) is 4.41. The third kappa shape index (κ3) is 2.29. The Labute approximate surface area is 130 Å². The van der Waals surface area contributed by atoms with E-state index in [9.17, 15) is 0 Å². The van der Waals surface area contributed by atoms with Crippen molar-refractivity contribution in [1.82, 2.24) is 0 Å². The molecule has 0 aromatic heterocycles. The minimum atomic E-state index is -0.180. The lowest BCUT2D eigenvalue weighted by Gasteiger charge is -2.36.